The van der Waals surface area contributed by atoms with Gasteiger partial charge in [0.25, 0.3) is 0 Å². The lowest BCUT2D eigenvalue weighted by molar-refractivity contribution is -0.142. The van der Waals surface area contributed by atoms with E-state index in [1.807, 2.05) is 30.6 Å². The number of amides is 3. The van der Waals surface area contributed by atoms with Gasteiger partial charge in [-0.2, -0.15) is 0 Å². The molecule has 3 amide bonds. The Balaban J connectivity index is 1.35. The van der Waals surface area contributed by atoms with Gasteiger partial charge in [-0.25, -0.2) is 4.79 Å². The number of hydrogen-bond donors (Lipinski definition) is 0. The molecule has 0 N–H and O–H groups in total. The van der Waals surface area contributed by atoms with Crippen LogP contribution >= 0.6 is 0 Å². The molecule has 3 saturated heterocycles. The zero-order valence-electron chi connectivity index (χ0n) is 21.9. The van der Waals surface area contributed by atoms with Crippen LogP contribution < -0.4 is 0 Å². The molecule has 0 saturated carbocycles. The summed E-state index contributed by atoms with van der Waals surface area (Å²) in [5.41, 5.74) is -0.517. The molecule has 0 aromatic rings. The minimum atomic E-state index is -0.517. The van der Waals surface area contributed by atoms with Crippen molar-refractivity contribution in [3.8, 4) is 0 Å². The summed E-state index contributed by atoms with van der Waals surface area (Å²) in [7, 11) is 1.41. The number of piperidine rings is 3. The minimum Gasteiger partial charge on any atom is -0.469 e. The molecule has 35 heavy (non-hydrogen) atoms. The highest BCUT2D eigenvalue weighted by atomic mass is 16.6. The van der Waals surface area contributed by atoms with E-state index in [0.29, 0.717) is 76.8 Å². The topological polar surface area (TPSA) is 96.5 Å². The van der Waals surface area contributed by atoms with Gasteiger partial charge in [-0.15, -0.1) is 0 Å². The fourth-order valence-electron chi connectivity index (χ4n) is 5.33. The summed E-state index contributed by atoms with van der Waals surface area (Å²) in [6.45, 7) is 9.48. The van der Waals surface area contributed by atoms with Gasteiger partial charge in [0.2, 0.25) is 11.8 Å². The lowest BCUT2D eigenvalue weighted by Gasteiger charge is -2.38. The number of methoxy groups -OCH3 is 1. The van der Waals surface area contributed by atoms with Gasteiger partial charge in [-0.05, 0) is 71.1 Å². The SMILES string of the molecule is COC(=O)CC1CCN(C(=O)CC2CCN(C(=O)C3CCN(C(=O)OC(C)(C)C)CC3)CC2)CC1. The van der Waals surface area contributed by atoms with Crippen molar-refractivity contribution in [1.29, 1.82) is 0 Å². The first kappa shape index (κ1) is 27.3. The average Bonchev–Trinajstić information content (AvgIpc) is 2.83. The molecule has 198 valence electrons. The standard InChI is InChI=1S/C26H43N3O6/c1-26(2,3)35-25(33)29-15-9-21(10-16-29)24(32)28-13-7-19(8-14-28)17-22(30)27-11-5-20(6-12-27)18-23(31)34-4/h19-21H,5-18H2,1-4H3. The second kappa shape index (κ2) is 12.1. The Hall–Kier alpha value is -2.32. The number of carbonyl (C=O) groups excluding carboxylic acids is 4. The van der Waals surface area contributed by atoms with Crippen LogP contribution in [-0.4, -0.2) is 90.6 Å². The predicted octanol–water partition coefficient (Wildman–Crippen LogP) is 3.06. The molecule has 0 atom stereocenters. The van der Waals surface area contributed by atoms with Crippen molar-refractivity contribution < 1.29 is 28.7 Å². The molecule has 3 aliphatic heterocycles. The maximum absolute atomic E-state index is 13.0. The molecule has 3 fully saturated rings. The number of nitrogens with zero attached hydrogens (tertiary/aromatic N) is 3. The number of ether oxygens (including phenoxy) is 2. The highest BCUT2D eigenvalue weighted by molar-refractivity contribution is 5.80. The Kier molecular flexibility index (Phi) is 9.41. The predicted molar refractivity (Wildman–Crippen MR) is 130 cm³/mol. The summed E-state index contributed by atoms with van der Waals surface area (Å²) in [5, 5.41) is 0. The van der Waals surface area contributed by atoms with Crippen LogP contribution in [0.25, 0.3) is 0 Å². The Morgan fingerprint density at radius 3 is 1.71 bits per heavy atom. The lowest BCUT2D eigenvalue weighted by atomic mass is 9.89. The van der Waals surface area contributed by atoms with Gasteiger partial charge in [0.15, 0.2) is 0 Å². The minimum absolute atomic E-state index is 0.0434. The first-order valence-electron chi connectivity index (χ1n) is 13.2. The number of hydrogen-bond acceptors (Lipinski definition) is 6. The molecule has 0 aromatic heterocycles. The van der Waals surface area contributed by atoms with Crippen molar-refractivity contribution >= 4 is 23.9 Å². The third-order valence-electron chi connectivity index (χ3n) is 7.54. The molecular weight excluding hydrogens is 450 g/mol. The van der Waals surface area contributed by atoms with Crippen LogP contribution in [0.3, 0.4) is 0 Å². The molecule has 0 spiro atoms. The third-order valence-corrected chi connectivity index (χ3v) is 7.54. The first-order valence-corrected chi connectivity index (χ1v) is 13.2. The van der Waals surface area contributed by atoms with Crippen LogP contribution in [0.15, 0.2) is 0 Å². The van der Waals surface area contributed by atoms with Gasteiger partial charge >= 0.3 is 12.1 Å². The van der Waals surface area contributed by atoms with Gasteiger partial charge in [0.1, 0.15) is 5.60 Å². The van der Waals surface area contributed by atoms with Crippen LogP contribution in [0.5, 0.6) is 0 Å². The number of carbonyl (C=O) groups is 4. The summed E-state index contributed by atoms with van der Waals surface area (Å²) >= 11 is 0. The van der Waals surface area contributed by atoms with Crippen LogP contribution in [0.4, 0.5) is 4.79 Å². The fourth-order valence-corrected chi connectivity index (χ4v) is 5.33. The van der Waals surface area contributed by atoms with Crippen molar-refractivity contribution in [1.82, 2.24) is 14.7 Å². The van der Waals surface area contributed by atoms with E-state index >= 15 is 0 Å². The summed E-state index contributed by atoms with van der Waals surface area (Å²) in [6.07, 6.45) is 5.41. The molecule has 9 heteroatoms. The molecule has 0 bridgehead atoms. The molecule has 3 rings (SSSR count). The highest BCUT2D eigenvalue weighted by Crippen LogP contribution is 2.28. The van der Waals surface area contributed by atoms with E-state index in [9.17, 15) is 19.2 Å². The van der Waals surface area contributed by atoms with E-state index in [1.165, 1.54) is 7.11 Å². The zero-order chi connectivity index (χ0) is 25.6. The number of rotatable bonds is 5. The fraction of sp³-hybridized carbons (Fsp3) is 0.846. The van der Waals surface area contributed by atoms with E-state index in [-0.39, 0.29) is 29.8 Å². The van der Waals surface area contributed by atoms with E-state index < -0.39 is 5.60 Å². The molecule has 0 radical (unpaired) electrons. The number of esters is 1. The van der Waals surface area contributed by atoms with Gasteiger partial charge < -0.3 is 24.2 Å². The monoisotopic (exact) mass is 493 g/mol. The lowest BCUT2D eigenvalue weighted by Crippen LogP contribution is -2.47. The highest BCUT2D eigenvalue weighted by Gasteiger charge is 2.34. The molecule has 0 unspecified atom stereocenters. The van der Waals surface area contributed by atoms with Crippen LogP contribution in [0, 0.1) is 17.8 Å². The summed E-state index contributed by atoms with van der Waals surface area (Å²) in [5.74, 6) is 0.778. The first-order chi connectivity index (χ1) is 16.6. The maximum Gasteiger partial charge on any atom is 0.410 e. The van der Waals surface area contributed by atoms with Crippen molar-refractivity contribution in [2.75, 3.05) is 46.4 Å². The summed E-state index contributed by atoms with van der Waals surface area (Å²) < 4.78 is 10.2. The summed E-state index contributed by atoms with van der Waals surface area (Å²) in [6, 6.07) is 0. The second-order valence-corrected chi connectivity index (χ2v) is 11.3. The van der Waals surface area contributed by atoms with Gasteiger partial charge in [-0.1, -0.05) is 0 Å². The van der Waals surface area contributed by atoms with Gasteiger partial charge in [0.05, 0.1) is 7.11 Å². The third kappa shape index (κ3) is 8.10. The normalized spacial score (nSPS) is 21.1. The largest absolute Gasteiger partial charge is 0.469 e. The molecule has 3 aliphatic rings. The Morgan fingerprint density at radius 2 is 1.20 bits per heavy atom. The Bertz CT molecular complexity index is 756. The van der Waals surface area contributed by atoms with E-state index in [0.717, 1.165) is 25.7 Å². The van der Waals surface area contributed by atoms with Crippen LogP contribution in [0.1, 0.15) is 72.1 Å². The van der Waals surface area contributed by atoms with E-state index in [1.54, 1.807) is 4.90 Å². The zero-order valence-corrected chi connectivity index (χ0v) is 21.9. The smallest absolute Gasteiger partial charge is 0.410 e. The average molecular weight is 494 g/mol. The molecule has 0 aliphatic carbocycles. The van der Waals surface area contributed by atoms with Crippen molar-refractivity contribution in [2.24, 2.45) is 17.8 Å². The van der Waals surface area contributed by atoms with Crippen molar-refractivity contribution in [3.05, 3.63) is 0 Å². The van der Waals surface area contributed by atoms with E-state index in [2.05, 4.69) is 0 Å². The molecule has 3 heterocycles. The number of likely N-dealkylation sites (tertiary alicyclic amines) is 3. The van der Waals surface area contributed by atoms with Crippen LogP contribution in [0.2, 0.25) is 0 Å². The maximum atomic E-state index is 13.0. The molecule has 9 nitrogen and oxygen atoms in total. The Labute approximate surface area is 209 Å². The second-order valence-electron chi connectivity index (χ2n) is 11.3. The summed E-state index contributed by atoms with van der Waals surface area (Å²) in [4.78, 5) is 55.2. The quantitative estimate of drug-likeness (QED) is 0.546. The Morgan fingerprint density at radius 1 is 0.714 bits per heavy atom. The van der Waals surface area contributed by atoms with Gasteiger partial charge in [0, 0.05) is 58.0 Å². The van der Waals surface area contributed by atoms with Crippen LogP contribution in [-0.2, 0) is 23.9 Å². The van der Waals surface area contributed by atoms with E-state index in [4.69, 9.17) is 9.47 Å². The van der Waals surface area contributed by atoms with Gasteiger partial charge in [-0.3, -0.25) is 14.4 Å². The van der Waals surface area contributed by atoms with Crippen molar-refractivity contribution in [2.45, 2.75) is 77.7 Å². The van der Waals surface area contributed by atoms with Crippen molar-refractivity contribution in [3.63, 3.8) is 0 Å². The molecule has 0 aromatic carbocycles. The molecular formula is C26H43N3O6.